The van der Waals surface area contributed by atoms with E-state index in [0.717, 1.165) is 24.2 Å². The summed E-state index contributed by atoms with van der Waals surface area (Å²) in [5, 5.41) is 2.86. The zero-order valence-corrected chi connectivity index (χ0v) is 16.2. The second-order valence-electron chi connectivity index (χ2n) is 6.69. The molecule has 0 aromatic heterocycles. The molecule has 0 saturated carbocycles. The first-order valence-corrected chi connectivity index (χ1v) is 9.47. The zero-order chi connectivity index (χ0) is 20.1. The first kappa shape index (κ1) is 19.6. The standard InChI is InChI=1S/C22H24N2O4/c1-3-4-13-24-21(26)17-10-9-16(14-18(17)22(24)27)20(25)23-12-11-15-7-5-6-8-19(15)28-2/h5-10,14H,3-4,11-13H2,1-2H3,(H,23,25). The molecule has 1 heterocycles. The van der Waals surface area contributed by atoms with Gasteiger partial charge in [0.1, 0.15) is 5.75 Å². The second-order valence-corrected chi connectivity index (χ2v) is 6.69. The minimum Gasteiger partial charge on any atom is -0.496 e. The molecule has 1 aliphatic rings. The maximum atomic E-state index is 12.5. The summed E-state index contributed by atoms with van der Waals surface area (Å²) < 4.78 is 5.31. The highest BCUT2D eigenvalue weighted by Gasteiger charge is 2.35. The highest BCUT2D eigenvalue weighted by molar-refractivity contribution is 6.22. The molecule has 3 amide bonds. The number of para-hydroxylation sites is 1. The number of amides is 3. The normalized spacial score (nSPS) is 12.9. The van der Waals surface area contributed by atoms with Crippen LogP contribution in [0.1, 0.15) is 56.4 Å². The number of carbonyl (C=O) groups is 3. The van der Waals surface area contributed by atoms with E-state index in [0.29, 0.717) is 36.2 Å². The fourth-order valence-corrected chi connectivity index (χ4v) is 3.27. The number of ether oxygens (including phenoxy) is 1. The molecule has 28 heavy (non-hydrogen) atoms. The van der Waals surface area contributed by atoms with E-state index >= 15 is 0 Å². The minimum absolute atomic E-state index is 0.273. The summed E-state index contributed by atoms with van der Waals surface area (Å²) in [7, 11) is 1.62. The minimum atomic E-state index is -0.322. The molecular weight excluding hydrogens is 356 g/mol. The SMILES string of the molecule is CCCCN1C(=O)c2ccc(C(=O)NCCc3ccccc3OC)cc2C1=O. The van der Waals surface area contributed by atoms with Gasteiger partial charge in [0, 0.05) is 18.7 Å². The van der Waals surface area contributed by atoms with Crippen molar-refractivity contribution in [3.8, 4) is 5.75 Å². The molecule has 146 valence electrons. The third kappa shape index (κ3) is 3.91. The van der Waals surface area contributed by atoms with Gasteiger partial charge in [0.05, 0.1) is 18.2 Å². The van der Waals surface area contributed by atoms with Gasteiger partial charge in [-0.3, -0.25) is 19.3 Å². The van der Waals surface area contributed by atoms with E-state index < -0.39 is 0 Å². The molecule has 0 unspecified atom stereocenters. The van der Waals surface area contributed by atoms with Gasteiger partial charge in [-0.1, -0.05) is 31.5 Å². The van der Waals surface area contributed by atoms with E-state index in [1.165, 1.54) is 11.0 Å². The Kier molecular flexibility index (Phi) is 6.09. The lowest BCUT2D eigenvalue weighted by molar-refractivity contribution is 0.0652. The Balaban J connectivity index is 1.66. The molecule has 0 aliphatic carbocycles. The fraction of sp³-hybridized carbons (Fsp3) is 0.318. The van der Waals surface area contributed by atoms with Gasteiger partial charge in [-0.05, 0) is 42.7 Å². The number of benzene rings is 2. The molecular formula is C22H24N2O4. The van der Waals surface area contributed by atoms with Crippen molar-refractivity contribution in [2.75, 3.05) is 20.2 Å². The van der Waals surface area contributed by atoms with E-state index in [2.05, 4.69) is 5.32 Å². The third-order valence-electron chi connectivity index (χ3n) is 4.84. The van der Waals surface area contributed by atoms with Crippen molar-refractivity contribution < 1.29 is 19.1 Å². The van der Waals surface area contributed by atoms with Gasteiger partial charge in [0.15, 0.2) is 0 Å². The van der Waals surface area contributed by atoms with Crippen LogP contribution in [0.4, 0.5) is 0 Å². The molecule has 0 spiro atoms. The summed E-state index contributed by atoms with van der Waals surface area (Å²) >= 11 is 0. The average molecular weight is 380 g/mol. The van der Waals surface area contributed by atoms with Crippen LogP contribution in [-0.4, -0.2) is 42.8 Å². The number of methoxy groups -OCH3 is 1. The molecule has 2 aromatic carbocycles. The maximum Gasteiger partial charge on any atom is 0.261 e. The van der Waals surface area contributed by atoms with Crippen LogP contribution in [0.25, 0.3) is 0 Å². The molecule has 1 N–H and O–H groups in total. The van der Waals surface area contributed by atoms with Crippen LogP contribution in [0.3, 0.4) is 0 Å². The van der Waals surface area contributed by atoms with Crippen LogP contribution >= 0.6 is 0 Å². The lowest BCUT2D eigenvalue weighted by Crippen LogP contribution is -2.30. The van der Waals surface area contributed by atoms with Crippen molar-refractivity contribution in [3.63, 3.8) is 0 Å². The number of imide groups is 1. The molecule has 1 aliphatic heterocycles. The van der Waals surface area contributed by atoms with Crippen molar-refractivity contribution in [1.29, 1.82) is 0 Å². The summed E-state index contributed by atoms with van der Waals surface area (Å²) in [4.78, 5) is 38.6. The molecule has 2 aromatic rings. The number of nitrogens with zero attached hydrogens (tertiary/aromatic N) is 1. The van der Waals surface area contributed by atoms with E-state index in [1.54, 1.807) is 19.2 Å². The van der Waals surface area contributed by atoms with Crippen LogP contribution in [0.15, 0.2) is 42.5 Å². The van der Waals surface area contributed by atoms with Crippen molar-refractivity contribution in [1.82, 2.24) is 10.2 Å². The molecule has 0 bridgehead atoms. The molecule has 6 nitrogen and oxygen atoms in total. The molecule has 0 atom stereocenters. The van der Waals surface area contributed by atoms with Crippen LogP contribution in [-0.2, 0) is 6.42 Å². The molecule has 0 fully saturated rings. The first-order valence-electron chi connectivity index (χ1n) is 9.47. The predicted molar refractivity (Wildman–Crippen MR) is 106 cm³/mol. The number of fused-ring (bicyclic) bond motifs is 1. The lowest BCUT2D eigenvalue weighted by atomic mass is 10.1. The van der Waals surface area contributed by atoms with E-state index in [9.17, 15) is 14.4 Å². The monoisotopic (exact) mass is 380 g/mol. The Hall–Kier alpha value is -3.15. The zero-order valence-electron chi connectivity index (χ0n) is 16.2. The number of nitrogens with one attached hydrogen (secondary N) is 1. The second kappa shape index (κ2) is 8.69. The van der Waals surface area contributed by atoms with Gasteiger partial charge >= 0.3 is 0 Å². The molecule has 0 radical (unpaired) electrons. The van der Waals surface area contributed by atoms with Crippen LogP contribution in [0, 0.1) is 0 Å². The fourth-order valence-electron chi connectivity index (χ4n) is 3.27. The van der Waals surface area contributed by atoms with Crippen molar-refractivity contribution >= 4 is 17.7 Å². The van der Waals surface area contributed by atoms with Gasteiger partial charge in [-0.25, -0.2) is 0 Å². The van der Waals surface area contributed by atoms with Crippen LogP contribution in [0.2, 0.25) is 0 Å². The summed E-state index contributed by atoms with van der Waals surface area (Å²) in [5.41, 5.74) is 2.05. The molecule has 6 heteroatoms. The Labute approximate surface area is 164 Å². The number of hydrogen-bond acceptors (Lipinski definition) is 4. The highest BCUT2D eigenvalue weighted by Crippen LogP contribution is 2.24. The predicted octanol–water partition coefficient (Wildman–Crippen LogP) is 3.06. The van der Waals surface area contributed by atoms with Gasteiger partial charge in [-0.15, -0.1) is 0 Å². The Bertz CT molecular complexity index is 907. The van der Waals surface area contributed by atoms with Gasteiger partial charge < -0.3 is 10.1 Å². The summed E-state index contributed by atoms with van der Waals surface area (Å²) in [5.74, 6) is -0.0933. The molecule has 0 saturated heterocycles. The maximum absolute atomic E-state index is 12.5. The van der Waals surface area contributed by atoms with Crippen LogP contribution in [0.5, 0.6) is 5.75 Å². The number of hydrogen-bond donors (Lipinski definition) is 1. The Morgan fingerprint density at radius 3 is 2.57 bits per heavy atom. The van der Waals surface area contributed by atoms with E-state index in [1.807, 2.05) is 31.2 Å². The topological polar surface area (TPSA) is 75.7 Å². The number of carbonyl (C=O) groups excluding carboxylic acids is 3. The quantitative estimate of drug-likeness (QED) is 0.714. The summed E-state index contributed by atoms with van der Waals surface area (Å²) in [6.07, 6.45) is 2.29. The first-order chi connectivity index (χ1) is 13.6. The van der Waals surface area contributed by atoms with Crippen LogP contribution < -0.4 is 10.1 Å². The van der Waals surface area contributed by atoms with Gasteiger partial charge in [0.2, 0.25) is 0 Å². The van der Waals surface area contributed by atoms with Crippen molar-refractivity contribution in [2.24, 2.45) is 0 Å². The molecule has 3 rings (SSSR count). The largest absolute Gasteiger partial charge is 0.496 e. The number of rotatable bonds is 8. The Morgan fingerprint density at radius 1 is 1.07 bits per heavy atom. The van der Waals surface area contributed by atoms with Crippen molar-refractivity contribution in [3.05, 3.63) is 64.7 Å². The van der Waals surface area contributed by atoms with Gasteiger partial charge in [0.25, 0.3) is 17.7 Å². The van der Waals surface area contributed by atoms with E-state index in [4.69, 9.17) is 4.74 Å². The summed E-state index contributed by atoms with van der Waals surface area (Å²) in [6, 6.07) is 12.3. The van der Waals surface area contributed by atoms with Gasteiger partial charge in [-0.2, -0.15) is 0 Å². The van der Waals surface area contributed by atoms with Crippen molar-refractivity contribution in [2.45, 2.75) is 26.2 Å². The Morgan fingerprint density at radius 2 is 1.82 bits per heavy atom. The number of unbranched alkanes of at least 4 members (excludes halogenated alkanes) is 1. The highest BCUT2D eigenvalue weighted by atomic mass is 16.5. The average Bonchev–Trinajstić information content (AvgIpc) is 2.96. The lowest BCUT2D eigenvalue weighted by Gasteiger charge is -2.12. The third-order valence-corrected chi connectivity index (χ3v) is 4.84. The summed E-state index contributed by atoms with van der Waals surface area (Å²) in [6.45, 7) is 2.85. The van der Waals surface area contributed by atoms with E-state index in [-0.39, 0.29) is 17.7 Å². The smallest absolute Gasteiger partial charge is 0.261 e.